The Labute approximate surface area is 177 Å². The first-order chi connectivity index (χ1) is 14.0. The average Bonchev–Trinajstić information content (AvgIpc) is 3.22. The fourth-order valence-corrected chi connectivity index (χ4v) is 5.12. The van der Waals surface area contributed by atoms with E-state index >= 15 is 0 Å². The molecule has 156 valence electrons. The Kier molecular flexibility index (Phi) is 6.35. The summed E-state index contributed by atoms with van der Waals surface area (Å²) >= 11 is 1.82. The average molecular weight is 414 g/mol. The van der Waals surface area contributed by atoms with E-state index in [-0.39, 0.29) is 11.5 Å². The number of hydrogen-bond donors (Lipinski definition) is 1. The summed E-state index contributed by atoms with van der Waals surface area (Å²) in [4.78, 5) is 19.0. The van der Waals surface area contributed by atoms with Gasteiger partial charge in [0, 0.05) is 44.1 Å². The number of likely N-dealkylation sites (N-methyl/N-ethyl adjacent to an activating group) is 1. The Morgan fingerprint density at radius 1 is 1.24 bits per heavy atom. The van der Waals surface area contributed by atoms with Crippen molar-refractivity contribution >= 4 is 17.2 Å². The monoisotopic (exact) mass is 413 g/mol. The molecule has 2 saturated heterocycles. The standard InChI is InChI=1S/C23H31N3O2S/c1-18-5-7-19(8-6-18)14-24-22(27)21-16-25(2)17-23(28-21)9-11-26(12-10-23)15-20-4-3-13-29-20/h3-8,13,21H,9-12,14-17H2,1-2H3,(H,24,27). The van der Waals surface area contributed by atoms with E-state index in [2.05, 4.69) is 70.9 Å². The molecule has 1 unspecified atom stereocenters. The minimum Gasteiger partial charge on any atom is -0.359 e. The van der Waals surface area contributed by atoms with Gasteiger partial charge in [-0.1, -0.05) is 35.9 Å². The summed E-state index contributed by atoms with van der Waals surface area (Å²) in [5.41, 5.74) is 2.14. The van der Waals surface area contributed by atoms with Crippen LogP contribution in [0.25, 0.3) is 0 Å². The molecule has 1 aromatic carbocycles. The van der Waals surface area contributed by atoms with Crippen molar-refractivity contribution in [2.75, 3.05) is 33.2 Å². The van der Waals surface area contributed by atoms with Crippen LogP contribution < -0.4 is 5.32 Å². The SMILES string of the molecule is Cc1ccc(CNC(=O)C2CN(C)CC3(CCN(Cc4cccs4)CC3)O2)cc1. The number of thiophene rings is 1. The van der Waals surface area contributed by atoms with E-state index in [0.717, 1.165) is 44.6 Å². The highest BCUT2D eigenvalue weighted by molar-refractivity contribution is 7.09. The second kappa shape index (κ2) is 8.96. The number of rotatable bonds is 5. The summed E-state index contributed by atoms with van der Waals surface area (Å²) in [5.74, 6) is -0.00230. The van der Waals surface area contributed by atoms with Gasteiger partial charge in [0.15, 0.2) is 0 Å². The van der Waals surface area contributed by atoms with Crippen LogP contribution in [0.5, 0.6) is 0 Å². The number of aryl methyl sites for hydroxylation is 1. The van der Waals surface area contributed by atoms with Crippen molar-refractivity contribution < 1.29 is 9.53 Å². The third-order valence-electron chi connectivity index (χ3n) is 6.03. The van der Waals surface area contributed by atoms with Crippen LogP contribution >= 0.6 is 11.3 Å². The van der Waals surface area contributed by atoms with E-state index in [1.54, 1.807) is 0 Å². The quantitative estimate of drug-likeness (QED) is 0.818. The van der Waals surface area contributed by atoms with Gasteiger partial charge in [-0.2, -0.15) is 0 Å². The van der Waals surface area contributed by atoms with Gasteiger partial charge in [0.2, 0.25) is 0 Å². The zero-order valence-electron chi connectivity index (χ0n) is 17.4. The Morgan fingerprint density at radius 2 is 2.00 bits per heavy atom. The molecule has 2 fully saturated rings. The molecule has 0 aliphatic carbocycles. The normalized spacial score (nSPS) is 22.6. The molecule has 1 aromatic heterocycles. The van der Waals surface area contributed by atoms with Gasteiger partial charge in [-0.25, -0.2) is 0 Å². The molecule has 4 rings (SSSR count). The molecule has 2 aromatic rings. The van der Waals surface area contributed by atoms with Crippen LogP contribution in [0, 0.1) is 6.92 Å². The number of carbonyl (C=O) groups excluding carboxylic acids is 1. The van der Waals surface area contributed by atoms with Gasteiger partial charge in [0.05, 0.1) is 5.60 Å². The maximum atomic E-state index is 12.8. The lowest BCUT2D eigenvalue weighted by molar-refractivity contribution is -0.182. The number of nitrogens with one attached hydrogen (secondary N) is 1. The lowest BCUT2D eigenvalue weighted by Gasteiger charge is -2.48. The van der Waals surface area contributed by atoms with Crippen molar-refractivity contribution in [3.63, 3.8) is 0 Å². The third kappa shape index (κ3) is 5.25. The van der Waals surface area contributed by atoms with E-state index in [1.165, 1.54) is 10.4 Å². The fourth-order valence-electron chi connectivity index (χ4n) is 4.38. The summed E-state index contributed by atoms with van der Waals surface area (Å²) in [6.07, 6.45) is 1.55. The highest BCUT2D eigenvalue weighted by atomic mass is 32.1. The van der Waals surface area contributed by atoms with Crippen LogP contribution in [-0.4, -0.2) is 60.6 Å². The molecule has 6 heteroatoms. The summed E-state index contributed by atoms with van der Waals surface area (Å²) < 4.78 is 6.46. The smallest absolute Gasteiger partial charge is 0.250 e. The van der Waals surface area contributed by atoms with E-state index in [1.807, 2.05) is 11.3 Å². The molecule has 1 atom stereocenters. The highest BCUT2D eigenvalue weighted by Gasteiger charge is 2.43. The van der Waals surface area contributed by atoms with Crippen molar-refractivity contribution in [3.05, 3.63) is 57.8 Å². The van der Waals surface area contributed by atoms with E-state index in [9.17, 15) is 4.79 Å². The van der Waals surface area contributed by atoms with Crippen LogP contribution in [0.2, 0.25) is 0 Å². The van der Waals surface area contributed by atoms with Crippen LogP contribution in [0.1, 0.15) is 28.8 Å². The summed E-state index contributed by atoms with van der Waals surface area (Å²) in [5, 5.41) is 5.21. The molecule has 0 radical (unpaired) electrons. The number of amides is 1. The number of likely N-dealkylation sites (tertiary alicyclic amines) is 1. The number of morpholine rings is 1. The molecule has 5 nitrogen and oxygen atoms in total. The number of piperidine rings is 1. The molecule has 1 spiro atoms. The highest BCUT2D eigenvalue weighted by Crippen LogP contribution is 2.32. The van der Waals surface area contributed by atoms with Gasteiger partial charge in [-0.15, -0.1) is 11.3 Å². The van der Waals surface area contributed by atoms with E-state index in [4.69, 9.17) is 4.74 Å². The van der Waals surface area contributed by atoms with Gasteiger partial charge >= 0.3 is 0 Å². The van der Waals surface area contributed by atoms with E-state index < -0.39 is 6.10 Å². The van der Waals surface area contributed by atoms with Crippen LogP contribution in [-0.2, 0) is 22.6 Å². The summed E-state index contributed by atoms with van der Waals surface area (Å²) in [6.45, 7) is 7.22. The first-order valence-electron chi connectivity index (χ1n) is 10.5. The van der Waals surface area contributed by atoms with Gasteiger partial charge in [0.25, 0.3) is 5.91 Å². The van der Waals surface area contributed by atoms with Crippen LogP contribution in [0.4, 0.5) is 0 Å². The molecule has 0 saturated carbocycles. The predicted molar refractivity (Wildman–Crippen MR) is 117 cm³/mol. The molecule has 2 aliphatic heterocycles. The molecular weight excluding hydrogens is 382 g/mol. The minimum absolute atomic E-state index is 0.00230. The first kappa shape index (κ1) is 20.5. The lowest BCUT2D eigenvalue weighted by Crippen LogP contribution is -2.61. The largest absolute Gasteiger partial charge is 0.359 e. The fraction of sp³-hybridized carbons (Fsp3) is 0.522. The predicted octanol–water partition coefficient (Wildman–Crippen LogP) is 3.04. The van der Waals surface area contributed by atoms with E-state index in [0.29, 0.717) is 13.1 Å². The summed E-state index contributed by atoms with van der Waals surface area (Å²) in [7, 11) is 2.10. The molecule has 2 aliphatic rings. The molecular formula is C23H31N3O2S. The number of carbonyl (C=O) groups is 1. The number of ether oxygens (including phenoxy) is 1. The maximum Gasteiger partial charge on any atom is 0.250 e. The van der Waals surface area contributed by atoms with Crippen molar-refractivity contribution in [2.24, 2.45) is 0 Å². The van der Waals surface area contributed by atoms with Crippen LogP contribution in [0.15, 0.2) is 41.8 Å². The topological polar surface area (TPSA) is 44.8 Å². The molecule has 3 heterocycles. The number of hydrogen-bond acceptors (Lipinski definition) is 5. The molecule has 1 N–H and O–H groups in total. The van der Waals surface area contributed by atoms with Crippen molar-refractivity contribution in [2.45, 2.75) is 44.6 Å². The third-order valence-corrected chi connectivity index (χ3v) is 6.90. The van der Waals surface area contributed by atoms with Crippen molar-refractivity contribution in [1.29, 1.82) is 0 Å². The Balaban J connectivity index is 1.31. The zero-order valence-corrected chi connectivity index (χ0v) is 18.2. The second-order valence-electron chi connectivity index (χ2n) is 8.55. The maximum absolute atomic E-state index is 12.8. The number of nitrogens with zero attached hydrogens (tertiary/aromatic N) is 2. The van der Waals surface area contributed by atoms with Gasteiger partial charge in [-0.3, -0.25) is 9.69 Å². The number of benzene rings is 1. The zero-order chi connectivity index (χ0) is 20.3. The van der Waals surface area contributed by atoms with Crippen molar-refractivity contribution in [1.82, 2.24) is 15.1 Å². The minimum atomic E-state index is -0.400. The Bertz CT molecular complexity index is 798. The molecule has 29 heavy (non-hydrogen) atoms. The van der Waals surface area contributed by atoms with Crippen molar-refractivity contribution in [3.8, 4) is 0 Å². The van der Waals surface area contributed by atoms with Gasteiger partial charge in [-0.05, 0) is 43.8 Å². The van der Waals surface area contributed by atoms with Crippen LogP contribution in [0.3, 0.4) is 0 Å². The lowest BCUT2D eigenvalue weighted by atomic mass is 9.88. The second-order valence-corrected chi connectivity index (χ2v) is 9.58. The Morgan fingerprint density at radius 3 is 2.69 bits per heavy atom. The van der Waals surface area contributed by atoms with Gasteiger partial charge < -0.3 is 15.0 Å². The molecule has 1 amide bonds. The van der Waals surface area contributed by atoms with Gasteiger partial charge in [0.1, 0.15) is 6.10 Å². The Hall–Kier alpha value is -1.73. The summed E-state index contributed by atoms with van der Waals surface area (Å²) in [6, 6.07) is 12.6. The first-order valence-corrected chi connectivity index (χ1v) is 11.3. The molecule has 0 bridgehead atoms.